The highest BCUT2D eigenvalue weighted by Gasteiger charge is 2.54. The number of anilines is 1. The van der Waals surface area contributed by atoms with Gasteiger partial charge in [0.05, 0.1) is 18.7 Å². The number of rotatable bonds is 7. The average molecular weight is 513 g/mol. The number of thiazole rings is 1. The van der Waals surface area contributed by atoms with Gasteiger partial charge in [-0.05, 0) is 0 Å². The number of carbonyl (C=O) groups excluding carboxylic acids is 3. The smallest absolute Gasteiger partial charge is 0.276 e. The number of nitrogens with two attached hydrogens (primary N) is 1. The molecule has 4 atom stereocenters. The molecule has 0 spiro atoms. The third-order valence-electron chi connectivity index (χ3n) is 5.96. The molecule has 15 heteroatoms. The first-order valence-corrected chi connectivity index (χ1v) is 12.2. The maximum atomic E-state index is 12.9. The molecule has 3 aliphatic heterocycles. The SMILES string of the molecule is CO/N=C(\C(=O)NC1C(=O)N2C(C(=O)[O-])=C(C[N+]3(C)C[C@H](O)[C@@H](O)C3)CS[C@@H]12)c1csc(N)n1. The second-order valence-corrected chi connectivity index (χ2v) is 10.6. The molecule has 2 amide bonds. The highest BCUT2D eigenvalue weighted by molar-refractivity contribution is 8.00. The van der Waals surface area contributed by atoms with Crippen molar-refractivity contribution in [2.24, 2.45) is 5.16 Å². The summed E-state index contributed by atoms with van der Waals surface area (Å²) >= 11 is 2.42. The van der Waals surface area contributed by atoms with E-state index in [9.17, 15) is 29.7 Å². The Hall–Kier alpha value is -2.72. The number of hydrogen-bond donors (Lipinski definition) is 4. The number of nitrogens with one attached hydrogen (secondary N) is 1. The van der Waals surface area contributed by atoms with Gasteiger partial charge < -0.3 is 40.5 Å². The number of amides is 2. The molecule has 2 saturated heterocycles. The van der Waals surface area contributed by atoms with Gasteiger partial charge in [0.15, 0.2) is 10.8 Å². The number of nitrogens with zero attached hydrogens (tertiary/aromatic N) is 4. The number of fused-ring (bicyclic) bond motifs is 1. The topological polar surface area (TPSA) is 190 Å². The maximum absolute atomic E-state index is 12.9. The molecular weight excluding hydrogens is 488 g/mol. The van der Waals surface area contributed by atoms with Crippen molar-refractivity contribution in [1.82, 2.24) is 15.2 Å². The molecule has 184 valence electrons. The van der Waals surface area contributed by atoms with Crippen molar-refractivity contribution in [1.29, 1.82) is 0 Å². The number of oxime groups is 1. The number of carboxylic acids is 1. The number of likely N-dealkylation sites (tertiary alicyclic amines) is 1. The predicted molar refractivity (Wildman–Crippen MR) is 120 cm³/mol. The fourth-order valence-corrected chi connectivity index (χ4v) is 6.39. The van der Waals surface area contributed by atoms with Gasteiger partial charge in [0.25, 0.3) is 11.8 Å². The Bertz CT molecular complexity index is 1080. The van der Waals surface area contributed by atoms with Crippen molar-refractivity contribution in [3.8, 4) is 0 Å². The third kappa shape index (κ3) is 4.36. The maximum Gasteiger partial charge on any atom is 0.276 e. The number of quaternary nitrogens is 1. The molecule has 4 heterocycles. The zero-order valence-electron chi connectivity index (χ0n) is 18.3. The number of β-lactam (4-membered cyclic amide) rings is 1. The van der Waals surface area contributed by atoms with E-state index >= 15 is 0 Å². The summed E-state index contributed by atoms with van der Waals surface area (Å²) in [6, 6.07) is -0.980. The highest BCUT2D eigenvalue weighted by Crippen LogP contribution is 2.41. The van der Waals surface area contributed by atoms with Crippen LogP contribution in [0.15, 0.2) is 21.8 Å². The first-order valence-electron chi connectivity index (χ1n) is 10.3. The van der Waals surface area contributed by atoms with E-state index in [-0.39, 0.29) is 52.1 Å². The van der Waals surface area contributed by atoms with Crippen LogP contribution in [-0.2, 0) is 19.2 Å². The van der Waals surface area contributed by atoms with Crippen LogP contribution in [0.3, 0.4) is 0 Å². The quantitative estimate of drug-likeness (QED) is 0.124. The molecule has 0 bridgehead atoms. The second kappa shape index (κ2) is 9.14. The number of aromatic nitrogens is 1. The molecule has 1 unspecified atom stereocenters. The molecule has 0 radical (unpaired) electrons. The Labute approximate surface area is 202 Å². The second-order valence-electron chi connectivity index (χ2n) is 8.57. The van der Waals surface area contributed by atoms with Crippen molar-refractivity contribution in [2.75, 3.05) is 45.3 Å². The van der Waals surface area contributed by atoms with Crippen LogP contribution < -0.4 is 16.2 Å². The van der Waals surface area contributed by atoms with Crippen LogP contribution in [0.5, 0.6) is 0 Å². The van der Waals surface area contributed by atoms with Gasteiger partial charge in [0, 0.05) is 16.7 Å². The summed E-state index contributed by atoms with van der Waals surface area (Å²) in [5.41, 5.74) is 5.89. The van der Waals surface area contributed by atoms with E-state index in [1.165, 1.54) is 24.3 Å². The fourth-order valence-electron chi connectivity index (χ4n) is 4.51. The number of likely N-dealkylation sites (N-methyl/N-ethyl adjacent to an activating group) is 1. The Morgan fingerprint density at radius 1 is 1.41 bits per heavy atom. The summed E-state index contributed by atoms with van der Waals surface area (Å²) in [4.78, 5) is 47.6. The Balaban J connectivity index is 1.52. The minimum atomic E-state index is -1.50. The minimum absolute atomic E-state index is 0.164. The third-order valence-corrected chi connectivity index (χ3v) is 7.98. The van der Waals surface area contributed by atoms with Crippen LogP contribution in [0.25, 0.3) is 0 Å². The van der Waals surface area contributed by atoms with E-state index in [4.69, 9.17) is 10.6 Å². The van der Waals surface area contributed by atoms with E-state index in [0.29, 0.717) is 5.57 Å². The van der Waals surface area contributed by atoms with Crippen LogP contribution in [0.1, 0.15) is 5.69 Å². The van der Waals surface area contributed by atoms with Crippen LogP contribution >= 0.6 is 23.1 Å². The molecule has 0 saturated carbocycles. The van der Waals surface area contributed by atoms with Crippen molar-refractivity contribution in [3.63, 3.8) is 0 Å². The molecule has 5 N–H and O–H groups in total. The van der Waals surface area contributed by atoms with Crippen molar-refractivity contribution in [3.05, 3.63) is 22.3 Å². The lowest BCUT2D eigenvalue weighted by Crippen LogP contribution is -2.71. The minimum Gasteiger partial charge on any atom is -0.543 e. The van der Waals surface area contributed by atoms with Crippen molar-refractivity contribution >= 4 is 51.7 Å². The number of carbonyl (C=O) groups is 3. The molecule has 2 fully saturated rings. The molecule has 3 aliphatic rings. The number of aliphatic hydroxyl groups is 2. The van der Waals surface area contributed by atoms with Crippen LogP contribution in [0.4, 0.5) is 5.13 Å². The van der Waals surface area contributed by atoms with E-state index in [2.05, 4.69) is 15.5 Å². The van der Waals surface area contributed by atoms with E-state index in [1.807, 2.05) is 0 Å². The number of thioether (sulfide) groups is 1. The summed E-state index contributed by atoms with van der Waals surface area (Å²) in [6.45, 7) is 0.747. The van der Waals surface area contributed by atoms with Gasteiger partial charge in [-0.2, -0.15) is 0 Å². The first kappa shape index (κ1) is 24.4. The van der Waals surface area contributed by atoms with E-state index in [1.54, 1.807) is 7.05 Å². The van der Waals surface area contributed by atoms with Crippen molar-refractivity contribution in [2.45, 2.75) is 23.6 Å². The van der Waals surface area contributed by atoms with Crippen molar-refractivity contribution < 1.29 is 39.0 Å². The standard InChI is InChI=1S/C19H24N6O7S2/c1-25(4-10(26)11(27)5-25)3-8-6-33-17-13(16(29)24(17)14(8)18(30)31)22-15(28)12(23-32-2)9-7-34-19(20)21-9/h7,10-11,13,17,26-27H,3-6H2,1-2H3,(H3-,20,21,22,28,30,31)/b23-12-/t10-,11-,13?,17-/m0/s1. The lowest BCUT2D eigenvalue weighted by atomic mass is 10.0. The monoisotopic (exact) mass is 512 g/mol. The normalized spacial score (nSPS) is 28.4. The van der Waals surface area contributed by atoms with E-state index in [0.717, 1.165) is 16.2 Å². The lowest BCUT2D eigenvalue weighted by Gasteiger charge is -2.51. The lowest BCUT2D eigenvalue weighted by molar-refractivity contribution is -0.895. The van der Waals surface area contributed by atoms with Crippen LogP contribution in [0.2, 0.25) is 0 Å². The summed E-state index contributed by atoms with van der Waals surface area (Å²) in [5, 5.41) is 39.2. The number of carboxylic acid groups (broad SMARTS) is 1. The molecular formula is C19H24N6O7S2. The van der Waals surface area contributed by atoms with Gasteiger partial charge in [-0.3, -0.25) is 14.5 Å². The summed E-state index contributed by atoms with van der Waals surface area (Å²) in [7, 11) is 3.06. The molecule has 4 rings (SSSR count). The van der Waals surface area contributed by atoms with Gasteiger partial charge in [0.1, 0.15) is 56.1 Å². The number of aliphatic carboxylic acids is 1. The fraction of sp³-hybridized carbons (Fsp3) is 0.526. The number of nitrogen functional groups attached to an aromatic ring is 1. The summed E-state index contributed by atoms with van der Waals surface area (Å²) in [5.74, 6) is -2.52. The molecule has 0 aliphatic carbocycles. The Morgan fingerprint density at radius 3 is 2.65 bits per heavy atom. The van der Waals surface area contributed by atoms with Crippen LogP contribution in [0, 0.1) is 0 Å². The van der Waals surface area contributed by atoms with Gasteiger partial charge >= 0.3 is 0 Å². The van der Waals surface area contributed by atoms with Gasteiger partial charge in [-0.25, -0.2) is 4.98 Å². The van der Waals surface area contributed by atoms with Gasteiger partial charge in [0.2, 0.25) is 0 Å². The molecule has 34 heavy (non-hydrogen) atoms. The number of hydrogen-bond acceptors (Lipinski definition) is 12. The zero-order valence-corrected chi connectivity index (χ0v) is 20.0. The Kier molecular flexibility index (Phi) is 6.56. The van der Waals surface area contributed by atoms with Crippen LogP contribution in [-0.4, -0.2) is 111 Å². The molecule has 0 aromatic carbocycles. The average Bonchev–Trinajstić information content (AvgIpc) is 3.30. The zero-order chi connectivity index (χ0) is 24.8. The van der Waals surface area contributed by atoms with Gasteiger partial charge in [-0.1, -0.05) is 5.16 Å². The number of aliphatic hydroxyl groups excluding tert-OH is 2. The summed E-state index contributed by atoms with van der Waals surface area (Å²) < 4.78 is 0.232. The summed E-state index contributed by atoms with van der Waals surface area (Å²) in [6.07, 6.45) is -1.80. The molecule has 1 aromatic rings. The first-order chi connectivity index (χ1) is 16.0. The Morgan fingerprint density at radius 2 is 2.09 bits per heavy atom. The largest absolute Gasteiger partial charge is 0.543 e. The predicted octanol–water partition coefficient (Wildman–Crippen LogP) is -3.34. The molecule has 13 nitrogen and oxygen atoms in total. The molecule has 1 aromatic heterocycles. The van der Waals surface area contributed by atoms with Gasteiger partial charge in [-0.15, -0.1) is 23.1 Å². The highest BCUT2D eigenvalue weighted by atomic mass is 32.2. The van der Waals surface area contributed by atoms with E-state index < -0.39 is 41.4 Å².